The summed E-state index contributed by atoms with van der Waals surface area (Å²) in [5.41, 5.74) is 0.690. The maximum atomic E-state index is 12.0. The summed E-state index contributed by atoms with van der Waals surface area (Å²) in [6, 6.07) is 15.0. The number of hydrogen-bond acceptors (Lipinski definition) is 3. The van der Waals surface area contributed by atoms with Gasteiger partial charge in [0.05, 0.1) is 5.56 Å². The van der Waals surface area contributed by atoms with Gasteiger partial charge in [-0.25, -0.2) is 4.79 Å². The number of hydrogen-bond donors (Lipinski definition) is 2. The molecular formula is C16H15NO4. The van der Waals surface area contributed by atoms with Crippen LogP contribution in [0.4, 0.5) is 5.69 Å². The average molecular weight is 285 g/mol. The molecule has 5 heteroatoms. The monoisotopic (exact) mass is 285 g/mol. The maximum absolute atomic E-state index is 12.0. The van der Waals surface area contributed by atoms with Gasteiger partial charge in [-0.1, -0.05) is 18.2 Å². The number of amides is 1. The van der Waals surface area contributed by atoms with Crippen LogP contribution in [0, 0.1) is 0 Å². The van der Waals surface area contributed by atoms with E-state index in [1.165, 1.54) is 24.3 Å². The quantitative estimate of drug-likeness (QED) is 0.885. The normalized spacial score (nSPS) is 11.5. The van der Waals surface area contributed by atoms with Crippen LogP contribution in [-0.2, 0) is 4.79 Å². The van der Waals surface area contributed by atoms with Gasteiger partial charge in [0.2, 0.25) is 0 Å². The third kappa shape index (κ3) is 4.07. The van der Waals surface area contributed by atoms with Crippen LogP contribution in [0.25, 0.3) is 0 Å². The van der Waals surface area contributed by atoms with Crippen LogP contribution >= 0.6 is 0 Å². The number of carboxylic acid groups (broad SMARTS) is 1. The van der Waals surface area contributed by atoms with Gasteiger partial charge in [0, 0.05) is 5.69 Å². The van der Waals surface area contributed by atoms with E-state index >= 15 is 0 Å². The van der Waals surface area contributed by atoms with Crippen LogP contribution in [0.3, 0.4) is 0 Å². The highest BCUT2D eigenvalue weighted by atomic mass is 16.5. The predicted molar refractivity (Wildman–Crippen MR) is 78.6 cm³/mol. The molecule has 0 unspecified atom stereocenters. The fourth-order valence-corrected chi connectivity index (χ4v) is 1.70. The first-order valence-electron chi connectivity index (χ1n) is 6.42. The number of nitrogens with one attached hydrogen (secondary N) is 1. The Morgan fingerprint density at radius 2 is 1.67 bits per heavy atom. The van der Waals surface area contributed by atoms with E-state index in [1.54, 1.807) is 19.1 Å². The van der Waals surface area contributed by atoms with Crippen LogP contribution in [-0.4, -0.2) is 23.1 Å². The molecule has 1 atom stereocenters. The first-order valence-corrected chi connectivity index (χ1v) is 6.42. The van der Waals surface area contributed by atoms with Gasteiger partial charge in [0.25, 0.3) is 5.91 Å². The van der Waals surface area contributed by atoms with Gasteiger partial charge in [-0.05, 0) is 43.3 Å². The van der Waals surface area contributed by atoms with Gasteiger partial charge < -0.3 is 15.2 Å². The first kappa shape index (κ1) is 14.6. The molecule has 108 valence electrons. The van der Waals surface area contributed by atoms with E-state index in [9.17, 15) is 9.59 Å². The second kappa shape index (κ2) is 6.56. The van der Waals surface area contributed by atoms with Crippen molar-refractivity contribution < 1.29 is 19.4 Å². The number of carbonyl (C=O) groups excluding carboxylic acids is 1. The molecule has 0 saturated heterocycles. The van der Waals surface area contributed by atoms with Crippen LogP contribution in [0.1, 0.15) is 17.3 Å². The van der Waals surface area contributed by atoms with Crippen molar-refractivity contribution >= 4 is 17.6 Å². The summed E-state index contributed by atoms with van der Waals surface area (Å²) in [5.74, 6) is -0.697. The van der Waals surface area contributed by atoms with Crippen molar-refractivity contribution in [2.24, 2.45) is 0 Å². The zero-order chi connectivity index (χ0) is 15.2. The summed E-state index contributed by atoms with van der Waals surface area (Å²) >= 11 is 0. The molecule has 0 fully saturated rings. The number of carboxylic acids is 1. The van der Waals surface area contributed by atoms with Crippen LogP contribution < -0.4 is 10.1 Å². The fourth-order valence-electron chi connectivity index (χ4n) is 1.70. The standard InChI is InChI=1S/C16H15NO4/c1-11(21-14-5-3-2-4-6-14)15(18)17-13-9-7-12(8-10-13)16(19)20/h2-11H,1H3,(H,17,18)(H,19,20)/t11-/m1/s1. The second-order valence-electron chi connectivity index (χ2n) is 4.44. The number of para-hydroxylation sites is 1. The molecule has 2 aromatic carbocycles. The van der Waals surface area contributed by atoms with E-state index in [4.69, 9.17) is 9.84 Å². The lowest BCUT2D eigenvalue weighted by molar-refractivity contribution is -0.122. The largest absolute Gasteiger partial charge is 0.481 e. The molecule has 2 aromatic rings. The minimum Gasteiger partial charge on any atom is -0.481 e. The van der Waals surface area contributed by atoms with E-state index in [1.807, 2.05) is 18.2 Å². The molecule has 2 N–H and O–H groups in total. The van der Waals surface area contributed by atoms with Gasteiger partial charge in [-0.2, -0.15) is 0 Å². The SMILES string of the molecule is C[C@@H](Oc1ccccc1)C(=O)Nc1ccc(C(=O)O)cc1. The second-order valence-corrected chi connectivity index (χ2v) is 4.44. The van der Waals surface area contributed by atoms with Gasteiger partial charge in [-0.15, -0.1) is 0 Å². The Kier molecular flexibility index (Phi) is 4.56. The van der Waals surface area contributed by atoms with Gasteiger partial charge in [0.1, 0.15) is 5.75 Å². The third-order valence-electron chi connectivity index (χ3n) is 2.82. The Bertz CT molecular complexity index is 622. The number of benzene rings is 2. The third-order valence-corrected chi connectivity index (χ3v) is 2.82. The van der Waals surface area contributed by atoms with E-state index in [0.717, 1.165) is 0 Å². The molecule has 0 aliphatic rings. The Balaban J connectivity index is 1.95. The summed E-state index contributed by atoms with van der Waals surface area (Å²) in [6.07, 6.45) is -0.661. The number of anilines is 1. The molecule has 2 rings (SSSR count). The molecule has 0 aliphatic heterocycles. The number of aromatic carboxylic acids is 1. The van der Waals surface area contributed by atoms with E-state index < -0.39 is 12.1 Å². The van der Waals surface area contributed by atoms with Crippen molar-refractivity contribution in [3.8, 4) is 5.75 Å². The lowest BCUT2D eigenvalue weighted by Crippen LogP contribution is -2.30. The van der Waals surface area contributed by atoms with Gasteiger partial charge >= 0.3 is 5.97 Å². The minimum atomic E-state index is -1.01. The molecule has 0 saturated carbocycles. The molecule has 0 radical (unpaired) electrons. The Labute approximate surface area is 122 Å². The molecule has 0 bridgehead atoms. The Morgan fingerprint density at radius 1 is 1.05 bits per heavy atom. The van der Waals surface area contributed by atoms with E-state index in [2.05, 4.69) is 5.32 Å². The summed E-state index contributed by atoms with van der Waals surface area (Å²) in [4.78, 5) is 22.7. The summed E-state index contributed by atoms with van der Waals surface area (Å²) < 4.78 is 5.50. The summed E-state index contributed by atoms with van der Waals surface area (Å²) in [7, 11) is 0. The molecule has 0 spiro atoms. The smallest absolute Gasteiger partial charge is 0.335 e. The fraction of sp³-hybridized carbons (Fsp3) is 0.125. The molecule has 0 aromatic heterocycles. The topological polar surface area (TPSA) is 75.6 Å². The van der Waals surface area contributed by atoms with E-state index in [-0.39, 0.29) is 11.5 Å². The number of ether oxygens (including phenoxy) is 1. The molecule has 0 heterocycles. The Hall–Kier alpha value is -2.82. The highest BCUT2D eigenvalue weighted by Gasteiger charge is 2.14. The predicted octanol–water partition coefficient (Wildman–Crippen LogP) is 2.79. The van der Waals surface area contributed by atoms with Crippen molar-refractivity contribution in [1.82, 2.24) is 0 Å². The van der Waals surface area contributed by atoms with Crippen molar-refractivity contribution in [2.75, 3.05) is 5.32 Å². The zero-order valence-corrected chi connectivity index (χ0v) is 11.4. The van der Waals surface area contributed by atoms with Crippen LogP contribution in [0.5, 0.6) is 5.75 Å². The highest BCUT2D eigenvalue weighted by molar-refractivity contribution is 5.95. The summed E-state index contributed by atoms with van der Waals surface area (Å²) in [6.45, 7) is 1.65. The molecule has 0 aliphatic carbocycles. The maximum Gasteiger partial charge on any atom is 0.335 e. The Morgan fingerprint density at radius 3 is 2.24 bits per heavy atom. The van der Waals surface area contributed by atoms with Crippen molar-refractivity contribution in [3.63, 3.8) is 0 Å². The number of carbonyl (C=O) groups is 2. The highest BCUT2D eigenvalue weighted by Crippen LogP contribution is 2.13. The molecular weight excluding hydrogens is 270 g/mol. The minimum absolute atomic E-state index is 0.168. The lowest BCUT2D eigenvalue weighted by Gasteiger charge is -2.14. The summed E-state index contributed by atoms with van der Waals surface area (Å²) in [5, 5.41) is 11.5. The van der Waals surface area contributed by atoms with E-state index in [0.29, 0.717) is 11.4 Å². The lowest BCUT2D eigenvalue weighted by atomic mass is 10.2. The molecule has 21 heavy (non-hydrogen) atoms. The van der Waals surface area contributed by atoms with Gasteiger partial charge in [-0.3, -0.25) is 4.79 Å². The molecule has 1 amide bonds. The van der Waals surface area contributed by atoms with Crippen LogP contribution in [0.15, 0.2) is 54.6 Å². The molecule has 5 nitrogen and oxygen atoms in total. The van der Waals surface area contributed by atoms with Crippen molar-refractivity contribution in [2.45, 2.75) is 13.0 Å². The number of rotatable bonds is 5. The van der Waals surface area contributed by atoms with Crippen LogP contribution in [0.2, 0.25) is 0 Å². The van der Waals surface area contributed by atoms with Crippen molar-refractivity contribution in [3.05, 3.63) is 60.2 Å². The van der Waals surface area contributed by atoms with Gasteiger partial charge in [0.15, 0.2) is 6.10 Å². The first-order chi connectivity index (χ1) is 10.1. The zero-order valence-electron chi connectivity index (χ0n) is 11.4. The average Bonchev–Trinajstić information content (AvgIpc) is 2.48. The van der Waals surface area contributed by atoms with Crippen molar-refractivity contribution in [1.29, 1.82) is 0 Å².